The summed E-state index contributed by atoms with van der Waals surface area (Å²) in [5.41, 5.74) is 0. The monoisotopic (exact) mass is 190 g/mol. The van der Waals surface area contributed by atoms with Crippen molar-refractivity contribution >= 4 is 9.84 Å². The summed E-state index contributed by atoms with van der Waals surface area (Å²) in [6.07, 6.45) is 2.93. The van der Waals surface area contributed by atoms with Crippen LogP contribution in [0, 0.1) is 5.92 Å². The van der Waals surface area contributed by atoms with Gasteiger partial charge in [-0.1, -0.05) is 6.92 Å². The normalized spacial score (nSPS) is 19.6. The van der Waals surface area contributed by atoms with E-state index in [1.165, 1.54) is 0 Å². The average molecular weight is 190 g/mol. The van der Waals surface area contributed by atoms with Crippen LogP contribution in [0.15, 0.2) is 0 Å². The molecule has 72 valence electrons. The lowest BCUT2D eigenvalue weighted by Gasteiger charge is -2.22. The van der Waals surface area contributed by atoms with Gasteiger partial charge in [0.1, 0.15) is 0 Å². The summed E-state index contributed by atoms with van der Waals surface area (Å²) >= 11 is 0. The van der Waals surface area contributed by atoms with Gasteiger partial charge in [-0.15, -0.1) is 0 Å². The van der Waals surface area contributed by atoms with E-state index in [-0.39, 0.29) is 0 Å². The van der Waals surface area contributed by atoms with E-state index in [1.54, 1.807) is 0 Å². The Bertz CT molecular complexity index is 248. The molecule has 3 heteroatoms. The molecule has 0 aromatic carbocycles. The van der Waals surface area contributed by atoms with Gasteiger partial charge in [0.15, 0.2) is 9.84 Å². The van der Waals surface area contributed by atoms with Crippen LogP contribution in [0.5, 0.6) is 0 Å². The minimum atomic E-state index is -2.85. The average Bonchev–Trinajstić information content (AvgIpc) is 2.70. The van der Waals surface area contributed by atoms with Crippen LogP contribution in [0.1, 0.15) is 40.0 Å². The molecule has 0 aromatic rings. The molecule has 0 heterocycles. The van der Waals surface area contributed by atoms with E-state index >= 15 is 0 Å². The van der Waals surface area contributed by atoms with Gasteiger partial charge in [0.2, 0.25) is 0 Å². The van der Waals surface area contributed by atoms with E-state index in [0.29, 0.717) is 18.1 Å². The molecule has 0 radical (unpaired) electrons. The summed E-state index contributed by atoms with van der Waals surface area (Å²) in [7, 11) is -2.85. The standard InChI is InChI=1S/C9H18O2S/c1-4-9(2,3)12(10,11)7-8-5-6-8/h8H,4-7H2,1-3H3. The van der Waals surface area contributed by atoms with E-state index in [0.717, 1.165) is 12.8 Å². The lowest BCUT2D eigenvalue weighted by atomic mass is 10.1. The molecule has 12 heavy (non-hydrogen) atoms. The van der Waals surface area contributed by atoms with E-state index in [4.69, 9.17) is 0 Å². The molecular formula is C9H18O2S. The largest absolute Gasteiger partial charge is 0.228 e. The van der Waals surface area contributed by atoms with Crippen LogP contribution < -0.4 is 0 Å². The van der Waals surface area contributed by atoms with Gasteiger partial charge in [-0.2, -0.15) is 0 Å². The first-order chi connectivity index (χ1) is 5.39. The predicted octanol–water partition coefficient (Wildman–Crippen LogP) is 2.00. The number of rotatable bonds is 4. The van der Waals surface area contributed by atoms with Crippen LogP contribution in [-0.2, 0) is 9.84 Å². The molecular weight excluding hydrogens is 172 g/mol. The summed E-state index contributed by atoms with van der Waals surface area (Å²) in [6.45, 7) is 5.58. The van der Waals surface area contributed by atoms with Crippen LogP contribution in [-0.4, -0.2) is 18.9 Å². The third kappa shape index (κ3) is 2.00. The fourth-order valence-corrected chi connectivity index (χ4v) is 2.89. The molecule has 0 amide bonds. The zero-order valence-corrected chi connectivity index (χ0v) is 8.95. The number of hydrogen-bond donors (Lipinski definition) is 0. The topological polar surface area (TPSA) is 34.1 Å². The van der Waals surface area contributed by atoms with Crippen LogP contribution in [0.3, 0.4) is 0 Å². The summed E-state index contributed by atoms with van der Waals surface area (Å²) in [5, 5.41) is 0. The van der Waals surface area contributed by atoms with Crippen molar-refractivity contribution in [2.24, 2.45) is 5.92 Å². The first-order valence-electron chi connectivity index (χ1n) is 4.61. The summed E-state index contributed by atoms with van der Waals surface area (Å²) in [6, 6.07) is 0. The van der Waals surface area contributed by atoms with Gasteiger partial charge in [0.25, 0.3) is 0 Å². The minimum Gasteiger partial charge on any atom is -0.228 e. The second-order valence-corrected chi connectivity index (χ2v) is 7.01. The number of sulfone groups is 1. The Hall–Kier alpha value is -0.0500. The van der Waals surface area contributed by atoms with E-state index < -0.39 is 14.6 Å². The molecule has 0 atom stereocenters. The minimum absolute atomic E-state index is 0.411. The molecule has 1 aliphatic carbocycles. The Kier molecular flexibility index (Phi) is 2.52. The van der Waals surface area contributed by atoms with Crippen molar-refractivity contribution in [2.75, 3.05) is 5.75 Å². The van der Waals surface area contributed by atoms with E-state index in [1.807, 2.05) is 20.8 Å². The molecule has 0 N–H and O–H groups in total. The van der Waals surface area contributed by atoms with Gasteiger partial charge in [-0.3, -0.25) is 0 Å². The van der Waals surface area contributed by atoms with E-state index in [9.17, 15) is 8.42 Å². The number of hydrogen-bond acceptors (Lipinski definition) is 2. The molecule has 0 unspecified atom stereocenters. The molecule has 1 aliphatic rings. The van der Waals surface area contributed by atoms with Crippen molar-refractivity contribution in [2.45, 2.75) is 44.8 Å². The molecule has 1 saturated carbocycles. The van der Waals surface area contributed by atoms with Gasteiger partial charge >= 0.3 is 0 Å². The molecule has 0 aromatic heterocycles. The zero-order valence-electron chi connectivity index (χ0n) is 8.13. The first-order valence-corrected chi connectivity index (χ1v) is 6.26. The third-order valence-electron chi connectivity index (χ3n) is 2.85. The van der Waals surface area contributed by atoms with Crippen molar-refractivity contribution in [3.63, 3.8) is 0 Å². The molecule has 0 spiro atoms. The quantitative estimate of drug-likeness (QED) is 0.679. The van der Waals surface area contributed by atoms with Crippen molar-refractivity contribution in [1.29, 1.82) is 0 Å². The van der Waals surface area contributed by atoms with Crippen molar-refractivity contribution in [3.8, 4) is 0 Å². The Labute approximate surface area is 75.3 Å². The highest BCUT2D eigenvalue weighted by Gasteiger charge is 2.37. The second kappa shape index (κ2) is 3.02. The molecule has 0 saturated heterocycles. The van der Waals surface area contributed by atoms with Gasteiger partial charge in [-0.05, 0) is 39.0 Å². The van der Waals surface area contributed by atoms with Crippen LogP contribution in [0.2, 0.25) is 0 Å². The lowest BCUT2D eigenvalue weighted by Crippen LogP contribution is -2.33. The van der Waals surface area contributed by atoms with Crippen molar-refractivity contribution in [3.05, 3.63) is 0 Å². The van der Waals surface area contributed by atoms with Crippen LogP contribution in [0.4, 0.5) is 0 Å². The first kappa shape index (κ1) is 10.0. The Morgan fingerprint density at radius 1 is 1.33 bits per heavy atom. The molecule has 0 bridgehead atoms. The predicted molar refractivity (Wildman–Crippen MR) is 50.9 cm³/mol. The maximum absolute atomic E-state index is 11.7. The molecule has 1 rings (SSSR count). The van der Waals surface area contributed by atoms with Crippen LogP contribution >= 0.6 is 0 Å². The summed E-state index contributed by atoms with van der Waals surface area (Å²) in [5.74, 6) is 0.884. The smallest absolute Gasteiger partial charge is 0.155 e. The maximum Gasteiger partial charge on any atom is 0.155 e. The van der Waals surface area contributed by atoms with Gasteiger partial charge < -0.3 is 0 Å². The lowest BCUT2D eigenvalue weighted by molar-refractivity contribution is 0.535. The van der Waals surface area contributed by atoms with E-state index in [2.05, 4.69) is 0 Å². The van der Waals surface area contributed by atoms with Crippen LogP contribution in [0.25, 0.3) is 0 Å². The molecule has 1 fully saturated rings. The van der Waals surface area contributed by atoms with Crippen molar-refractivity contribution in [1.82, 2.24) is 0 Å². The third-order valence-corrected chi connectivity index (χ3v) is 5.73. The SMILES string of the molecule is CCC(C)(C)S(=O)(=O)CC1CC1. The second-order valence-electron chi connectivity index (χ2n) is 4.34. The molecule has 0 aliphatic heterocycles. The zero-order chi connectivity index (χ0) is 9.41. The van der Waals surface area contributed by atoms with Gasteiger partial charge in [0.05, 0.1) is 10.5 Å². The van der Waals surface area contributed by atoms with Gasteiger partial charge in [0, 0.05) is 0 Å². The van der Waals surface area contributed by atoms with Gasteiger partial charge in [-0.25, -0.2) is 8.42 Å². The van der Waals surface area contributed by atoms with Crippen molar-refractivity contribution < 1.29 is 8.42 Å². The highest BCUT2D eigenvalue weighted by atomic mass is 32.2. The fourth-order valence-electron chi connectivity index (χ4n) is 1.04. The Balaban J connectivity index is 2.68. The fraction of sp³-hybridized carbons (Fsp3) is 1.00. The summed E-state index contributed by atoms with van der Waals surface area (Å²) in [4.78, 5) is 0. The molecule has 2 nitrogen and oxygen atoms in total. The maximum atomic E-state index is 11.7. The Morgan fingerprint density at radius 3 is 2.17 bits per heavy atom. The Morgan fingerprint density at radius 2 is 1.83 bits per heavy atom. The highest BCUT2D eigenvalue weighted by molar-refractivity contribution is 7.92. The highest BCUT2D eigenvalue weighted by Crippen LogP contribution is 2.34. The summed E-state index contributed by atoms with van der Waals surface area (Å²) < 4.78 is 22.9.